The summed E-state index contributed by atoms with van der Waals surface area (Å²) >= 11 is 3.45. The molecule has 4 rings (SSSR count). The SMILES string of the molecule is O=C(C1=C(O)C(=O)N(CC[NH+]2CCOCC2)[C@H]1c1cccc(Br)c1)c1ccco1. The van der Waals surface area contributed by atoms with Gasteiger partial charge in [-0.1, -0.05) is 28.1 Å². The lowest BCUT2D eigenvalue weighted by molar-refractivity contribution is -0.907. The Bertz CT molecular complexity index is 934. The zero-order valence-corrected chi connectivity index (χ0v) is 17.4. The molecule has 1 fully saturated rings. The molecule has 0 spiro atoms. The number of nitrogens with zero attached hydrogens (tertiary/aromatic N) is 1. The monoisotopic (exact) mass is 461 g/mol. The van der Waals surface area contributed by atoms with Crippen LogP contribution >= 0.6 is 15.9 Å². The van der Waals surface area contributed by atoms with Gasteiger partial charge in [0.2, 0.25) is 5.78 Å². The highest BCUT2D eigenvalue weighted by atomic mass is 79.9. The van der Waals surface area contributed by atoms with Crippen LogP contribution in [0.5, 0.6) is 0 Å². The number of hydrogen-bond acceptors (Lipinski definition) is 5. The molecule has 8 heteroatoms. The van der Waals surface area contributed by atoms with Gasteiger partial charge in [-0.2, -0.15) is 0 Å². The van der Waals surface area contributed by atoms with E-state index in [1.807, 2.05) is 24.3 Å². The minimum Gasteiger partial charge on any atom is -0.503 e. The van der Waals surface area contributed by atoms with Crippen molar-refractivity contribution >= 4 is 27.6 Å². The Morgan fingerprint density at radius 1 is 1.24 bits per heavy atom. The van der Waals surface area contributed by atoms with Crippen LogP contribution < -0.4 is 4.90 Å². The number of ether oxygens (including phenoxy) is 1. The molecule has 1 aromatic heterocycles. The summed E-state index contributed by atoms with van der Waals surface area (Å²) in [6, 6.07) is 9.91. The first-order valence-corrected chi connectivity index (χ1v) is 10.3. The number of benzene rings is 1. The molecule has 0 aliphatic carbocycles. The van der Waals surface area contributed by atoms with Crippen molar-refractivity contribution in [2.24, 2.45) is 0 Å². The molecule has 0 radical (unpaired) electrons. The van der Waals surface area contributed by atoms with E-state index in [1.165, 1.54) is 17.2 Å². The molecule has 0 unspecified atom stereocenters. The van der Waals surface area contributed by atoms with Crippen LogP contribution in [0.3, 0.4) is 0 Å². The largest absolute Gasteiger partial charge is 0.503 e. The van der Waals surface area contributed by atoms with Crippen molar-refractivity contribution in [3.05, 3.63) is 69.8 Å². The van der Waals surface area contributed by atoms with Gasteiger partial charge in [0.15, 0.2) is 11.5 Å². The summed E-state index contributed by atoms with van der Waals surface area (Å²) in [4.78, 5) is 28.9. The topological polar surface area (TPSA) is 84.4 Å². The van der Waals surface area contributed by atoms with Gasteiger partial charge < -0.3 is 24.1 Å². The fourth-order valence-corrected chi connectivity index (χ4v) is 4.29. The lowest BCUT2D eigenvalue weighted by Gasteiger charge is -2.30. The number of ketones is 1. The third-order valence-corrected chi connectivity index (χ3v) is 5.86. The van der Waals surface area contributed by atoms with Crippen LogP contribution in [0.4, 0.5) is 0 Å². The Labute approximate surface area is 176 Å². The predicted octanol–water partition coefficient (Wildman–Crippen LogP) is 1.54. The van der Waals surface area contributed by atoms with Gasteiger partial charge in [0, 0.05) is 4.47 Å². The summed E-state index contributed by atoms with van der Waals surface area (Å²) < 4.78 is 11.5. The number of aliphatic hydroxyl groups excluding tert-OH is 1. The minimum absolute atomic E-state index is 0.0556. The first-order valence-electron chi connectivity index (χ1n) is 9.55. The molecule has 2 aliphatic rings. The summed E-state index contributed by atoms with van der Waals surface area (Å²) in [6.45, 7) is 4.29. The number of carbonyl (C=O) groups excluding carboxylic acids is 2. The van der Waals surface area contributed by atoms with Gasteiger partial charge in [-0.05, 0) is 29.8 Å². The molecule has 1 saturated heterocycles. The van der Waals surface area contributed by atoms with E-state index in [-0.39, 0.29) is 11.3 Å². The van der Waals surface area contributed by atoms with E-state index in [9.17, 15) is 14.7 Å². The number of carbonyl (C=O) groups is 2. The van der Waals surface area contributed by atoms with Crippen molar-refractivity contribution < 1.29 is 28.7 Å². The molecule has 2 aromatic rings. The first-order chi connectivity index (χ1) is 14.1. The van der Waals surface area contributed by atoms with E-state index in [0.29, 0.717) is 19.8 Å². The molecule has 0 bridgehead atoms. The maximum Gasteiger partial charge on any atom is 0.290 e. The van der Waals surface area contributed by atoms with E-state index in [1.54, 1.807) is 11.0 Å². The molecule has 2 aliphatic heterocycles. The molecular weight excluding hydrogens is 440 g/mol. The Morgan fingerprint density at radius 3 is 2.72 bits per heavy atom. The van der Waals surface area contributed by atoms with E-state index >= 15 is 0 Å². The van der Waals surface area contributed by atoms with E-state index in [4.69, 9.17) is 9.15 Å². The van der Waals surface area contributed by atoms with Crippen molar-refractivity contribution in [1.82, 2.24) is 4.90 Å². The summed E-state index contributed by atoms with van der Waals surface area (Å²) in [6.07, 6.45) is 1.40. The number of morpholine rings is 1. The molecule has 29 heavy (non-hydrogen) atoms. The standard InChI is InChI=1S/C21H21BrN2O5/c22-15-4-1-3-14(13-15)18-17(19(25)16-5-2-10-29-16)20(26)21(27)24(18)7-6-23-8-11-28-12-9-23/h1-5,10,13,18,26H,6-9,11-12H2/p+1/t18-/m0/s1. The van der Waals surface area contributed by atoms with Gasteiger partial charge in [-0.3, -0.25) is 9.59 Å². The zero-order chi connectivity index (χ0) is 20.4. The molecule has 2 N–H and O–H groups in total. The van der Waals surface area contributed by atoms with Crippen molar-refractivity contribution in [3.63, 3.8) is 0 Å². The van der Waals surface area contributed by atoms with Crippen LogP contribution in [-0.4, -0.2) is 61.1 Å². The molecule has 7 nitrogen and oxygen atoms in total. The maximum absolute atomic E-state index is 13.1. The lowest BCUT2D eigenvalue weighted by atomic mass is 9.95. The summed E-state index contributed by atoms with van der Waals surface area (Å²) in [7, 11) is 0. The van der Waals surface area contributed by atoms with Crippen LogP contribution in [-0.2, 0) is 9.53 Å². The van der Waals surface area contributed by atoms with E-state index in [2.05, 4.69) is 15.9 Å². The molecule has 0 saturated carbocycles. The average molecular weight is 462 g/mol. The van der Waals surface area contributed by atoms with Crippen LogP contribution in [0.1, 0.15) is 22.2 Å². The lowest BCUT2D eigenvalue weighted by Crippen LogP contribution is -3.14. The summed E-state index contributed by atoms with van der Waals surface area (Å²) in [5.74, 6) is -1.42. The molecule has 3 heterocycles. The normalized spacial score (nSPS) is 20.5. The van der Waals surface area contributed by atoms with Gasteiger partial charge in [0.05, 0.1) is 44.2 Å². The number of rotatable bonds is 6. The van der Waals surface area contributed by atoms with Crippen molar-refractivity contribution in [2.45, 2.75) is 6.04 Å². The fraction of sp³-hybridized carbons (Fsp3) is 0.333. The number of amides is 1. The summed E-state index contributed by atoms with van der Waals surface area (Å²) in [5.41, 5.74) is 0.809. The van der Waals surface area contributed by atoms with Crippen molar-refractivity contribution in [1.29, 1.82) is 0 Å². The quantitative estimate of drug-likeness (QED) is 0.637. The Kier molecular flexibility index (Phi) is 5.84. The second-order valence-electron chi connectivity index (χ2n) is 7.14. The van der Waals surface area contributed by atoms with Crippen LogP contribution in [0.25, 0.3) is 0 Å². The van der Waals surface area contributed by atoms with Crippen LogP contribution in [0.2, 0.25) is 0 Å². The first kappa shape index (κ1) is 19.9. The number of furan rings is 1. The third kappa shape index (κ3) is 4.01. The number of Topliss-reactive ketones (excluding diaryl/α,β-unsaturated/α-hetero) is 1. The Balaban J connectivity index is 1.67. The fourth-order valence-electron chi connectivity index (χ4n) is 3.87. The molecule has 1 atom stereocenters. The third-order valence-electron chi connectivity index (χ3n) is 5.36. The number of hydrogen-bond donors (Lipinski definition) is 2. The van der Waals surface area contributed by atoms with E-state index in [0.717, 1.165) is 29.7 Å². The van der Waals surface area contributed by atoms with Gasteiger partial charge in [0.25, 0.3) is 5.91 Å². The minimum atomic E-state index is -0.668. The molecular formula is C21H22BrN2O5+. The Hall–Kier alpha value is -2.42. The zero-order valence-electron chi connectivity index (χ0n) is 15.8. The Morgan fingerprint density at radius 2 is 2.03 bits per heavy atom. The smallest absolute Gasteiger partial charge is 0.290 e. The second-order valence-corrected chi connectivity index (χ2v) is 8.05. The molecule has 1 amide bonds. The van der Waals surface area contributed by atoms with Crippen molar-refractivity contribution in [2.75, 3.05) is 39.4 Å². The van der Waals surface area contributed by atoms with Gasteiger partial charge in [-0.15, -0.1) is 0 Å². The van der Waals surface area contributed by atoms with Gasteiger partial charge in [0.1, 0.15) is 13.1 Å². The predicted molar refractivity (Wildman–Crippen MR) is 108 cm³/mol. The number of quaternary nitrogens is 1. The summed E-state index contributed by atoms with van der Waals surface area (Å²) in [5, 5.41) is 10.6. The van der Waals surface area contributed by atoms with Gasteiger partial charge >= 0.3 is 0 Å². The average Bonchev–Trinajstić information content (AvgIpc) is 3.35. The molecule has 152 valence electrons. The van der Waals surface area contributed by atoms with Crippen molar-refractivity contribution in [3.8, 4) is 0 Å². The highest BCUT2D eigenvalue weighted by Crippen LogP contribution is 2.39. The van der Waals surface area contributed by atoms with Crippen LogP contribution in [0.15, 0.2) is 62.9 Å². The van der Waals surface area contributed by atoms with E-state index < -0.39 is 23.5 Å². The number of halogens is 1. The highest BCUT2D eigenvalue weighted by molar-refractivity contribution is 9.10. The second kappa shape index (κ2) is 8.52. The maximum atomic E-state index is 13.1. The highest BCUT2D eigenvalue weighted by Gasteiger charge is 2.44. The number of aliphatic hydroxyl groups is 1. The molecule has 1 aromatic carbocycles. The van der Waals surface area contributed by atoms with Crippen LogP contribution in [0, 0.1) is 0 Å². The number of nitrogens with one attached hydrogen (secondary N) is 1. The van der Waals surface area contributed by atoms with Gasteiger partial charge in [-0.25, -0.2) is 0 Å².